The van der Waals surface area contributed by atoms with Crippen molar-refractivity contribution in [2.75, 3.05) is 20.2 Å². The number of nitrogens with zero attached hydrogens (tertiary/aromatic N) is 2. The van der Waals surface area contributed by atoms with Gasteiger partial charge in [-0.3, -0.25) is 4.98 Å². The summed E-state index contributed by atoms with van der Waals surface area (Å²) >= 11 is 0. The number of hydrogen-bond donors (Lipinski definition) is 1. The molecule has 0 radical (unpaired) electrons. The fourth-order valence-electron chi connectivity index (χ4n) is 6.37. The molecule has 2 aromatic carbocycles. The number of halogens is 1. The number of aliphatic hydroxyl groups is 1. The van der Waals surface area contributed by atoms with E-state index < -0.39 is 6.10 Å². The molecule has 6 rings (SSSR count). The maximum atomic E-state index is 14.7. The minimum atomic E-state index is -0.639. The molecule has 5 heteroatoms. The fraction of sp³-hybridized carbons (Fsp3) is 0.444. The molecule has 1 N–H and O–H groups in total. The molecular weight excluding hydrogens is 403 g/mol. The number of quaternary nitrogens is 1. The van der Waals surface area contributed by atoms with Crippen molar-refractivity contribution >= 4 is 10.9 Å². The summed E-state index contributed by atoms with van der Waals surface area (Å²) in [7, 11) is 1.65. The number of aromatic nitrogens is 1. The second-order valence-corrected chi connectivity index (χ2v) is 9.62. The first-order chi connectivity index (χ1) is 15.5. The van der Waals surface area contributed by atoms with E-state index in [-0.39, 0.29) is 11.9 Å². The van der Waals surface area contributed by atoms with E-state index >= 15 is 0 Å². The molecule has 3 fully saturated rings. The van der Waals surface area contributed by atoms with E-state index in [1.54, 1.807) is 25.4 Å². The molecule has 2 bridgehead atoms. The Labute approximate surface area is 189 Å². The van der Waals surface area contributed by atoms with Crippen molar-refractivity contribution in [3.8, 4) is 5.75 Å². The Bertz CT molecular complexity index is 1120. The number of methoxy groups -OCH3 is 1. The molecule has 168 valence electrons. The number of ether oxygens (including phenoxy) is 1. The highest BCUT2D eigenvalue weighted by atomic mass is 19.1. The molecule has 3 aromatic rings. The van der Waals surface area contributed by atoms with Crippen LogP contribution in [0.1, 0.15) is 43.4 Å². The Balaban J connectivity index is 1.57. The normalized spacial score (nSPS) is 28.1. The van der Waals surface area contributed by atoms with Crippen LogP contribution in [0.2, 0.25) is 0 Å². The largest absolute Gasteiger partial charge is 0.497 e. The van der Waals surface area contributed by atoms with Crippen LogP contribution in [-0.4, -0.2) is 40.8 Å². The van der Waals surface area contributed by atoms with Crippen LogP contribution in [0.4, 0.5) is 4.39 Å². The highest BCUT2D eigenvalue weighted by Gasteiger charge is 2.54. The van der Waals surface area contributed by atoms with Crippen molar-refractivity contribution in [1.82, 2.24) is 4.98 Å². The summed E-state index contributed by atoms with van der Waals surface area (Å²) in [5.74, 6) is 1.87. The Hall–Kier alpha value is -2.50. The van der Waals surface area contributed by atoms with Crippen LogP contribution >= 0.6 is 0 Å². The van der Waals surface area contributed by atoms with Gasteiger partial charge >= 0.3 is 0 Å². The zero-order chi connectivity index (χ0) is 22.3. The SMILES string of the molecule is CC[C@H]1C[N+]2(Cc3ccccc3F)CC[C@H]1C[C@@H]2[C@H](O)c1ccnc2ccc(OC)cc12. The predicted molar refractivity (Wildman–Crippen MR) is 124 cm³/mol. The molecule has 4 heterocycles. The molecular formula is C27H32FN2O2+. The molecule has 5 atom stereocenters. The van der Waals surface area contributed by atoms with E-state index in [1.165, 1.54) is 0 Å². The molecule has 0 amide bonds. The number of benzene rings is 2. The third-order valence-corrected chi connectivity index (χ3v) is 8.09. The third kappa shape index (κ3) is 3.57. The second kappa shape index (κ2) is 8.45. The number of aliphatic hydroxyl groups excluding tert-OH is 1. The van der Waals surface area contributed by atoms with Gasteiger partial charge in [-0.2, -0.15) is 0 Å². The van der Waals surface area contributed by atoms with Crippen molar-refractivity contribution in [3.05, 3.63) is 71.7 Å². The molecule has 0 saturated carbocycles. The zero-order valence-electron chi connectivity index (χ0n) is 18.9. The third-order valence-electron chi connectivity index (χ3n) is 8.09. The van der Waals surface area contributed by atoms with Crippen LogP contribution in [0.25, 0.3) is 10.9 Å². The number of fused-ring (bicyclic) bond motifs is 4. The number of pyridine rings is 1. The van der Waals surface area contributed by atoms with Crippen LogP contribution in [0.5, 0.6) is 5.75 Å². The minimum absolute atomic E-state index is 0.0351. The van der Waals surface area contributed by atoms with Gasteiger partial charge in [0.2, 0.25) is 0 Å². The first-order valence-electron chi connectivity index (χ1n) is 11.7. The summed E-state index contributed by atoms with van der Waals surface area (Å²) in [5.41, 5.74) is 2.50. The molecule has 3 aliphatic heterocycles. The van der Waals surface area contributed by atoms with Crippen LogP contribution in [-0.2, 0) is 6.54 Å². The van der Waals surface area contributed by atoms with Gasteiger partial charge in [0.25, 0.3) is 0 Å². The molecule has 3 saturated heterocycles. The van der Waals surface area contributed by atoms with Gasteiger partial charge in [0.05, 0.1) is 25.7 Å². The van der Waals surface area contributed by atoms with Gasteiger partial charge in [-0.25, -0.2) is 4.39 Å². The van der Waals surface area contributed by atoms with Crippen molar-refractivity contribution < 1.29 is 18.7 Å². The standard InChI is InChI=1S/C27H32FN2O2/c1-3-18-16-30(17-20-6-4-5-7-24(20)28)13-11-19(18)14-26(30)27(31)22-10-12-29-25-9-8-21(32-2)15-23(22)25/h4-10,12,15,18-19,26-27,31H,3,11,13-14,16-17H2,1-2H3/q+1/t18-,19-,26+,27+,30?/m0/s1. The van der Waals surface area contributed by atoms with Crippen molar-refractivity contribution in [2.45, 2.75) is 44.9 Å². The smallest absolute Gasteiger partial charge is 0.132 e. The molecule has 1 aromatic heterocycles. The summed E-state index contributed by atoms with van der Waals surface area (Å²) in [6.07, 6.45) is 4.41. The Morgan fingerprint density at radius 1 is 1.22 bits per heavy atom. The Kier molecular flexibility index (Phi) is 5.64. The van der Waals surface area contributed by atoms with E-state index in [0.29, 0.717) is 18.4 Å². The van der Waals surface area contributed by atoms with E-state index in [0.717, 1.165) is 64.6 Å². The van der Waals surface area contributed by atoms with Gasteiger partial charge in [-0.05, 0) is 48.2 Å². The summed E-state index contributed by atoms with van der Waals surface area (Å²) in [6, 6.07) is 14.9. The van der Waals surface area contributed by atoms with Crippen LogP contribution < -0.4 is 4.74 Å². The first-order valence-corrected chi connectivity index (χ1v) is 11.7. The quantitative estimate of drug-likeness (QED) is 0.538. The van der Waals surface area contributed by atoms with E-state index in [2.05, 4.69) is 11.9 Å². The molecule has 1 unspecified atom stereocenters. The molecule has 4 nitrogen and oxygen atoms in total. The summed E-state index contributed by atoms with van der Waals surface area (Å²) < 4.78 is 20.9. The van der Waals surface area contributed by atoms with Crippen LogP contribution in [0, 0.1) is 17.7 Å². The van der Waals surface area contributed by atoms with Crippen molar-refractivity contribution in [1.29, 1.82) is 0 Å². The molecule has 32 heavy (non-hydrogen) atoms. The lowest BCUT2D eigenvalue weighted by Gasteiger charge is -2.58. The van der Waals surface area contributed by atoms with Gasteiger partial charge in [0.1, 0.15) is 30.3 Å². The predicted octanol–water partition coefficient (Wildman–Crippen LogP) is 5.25. The lowest BCUT2D eigenvalue weighted by molar-refractivity contribution is -0.986. The maximum Gasteiger partial charge on any atom is 0.132 e. The highest BCUT2D eigenvalue weighted by Crippen LogP contribution is 2.48. The molecule has 0 aliphatic carbocycles. The van der Waals surface area contributed by atoms with E-state index in [9.17, 15) is 9.50 Å². The fourth-order valence-corrected chi connectivity index (χ4v) is 6.37. The van der Waals surface area contributed by atoms with Gasteiger partial charge in [-0.1, -0.05) is 25.1 Å². The molecule has 0 spiro atoms. The van der Waals surface area contributed by atoms with E-state index in [1.807, 2.05) is 36.4 Å². The van der Waals surface area contributed by atoms with Crippen molar-refractivity contribution in [2.24, 2.45) is 11.8 Å². The topological polar surface area (TPSA) is 42.4 Å². The first kappa shape index (κ1) is 21.4. The second-order valence-electron chi connectivity index (χ2n) is 9.62. The summed E-state index contributed by atoms with van der Waals surface area (Å²) in [4.78, 5) is 4.49. The van der Waals surface area contributed by atoms with Crippen molar-refractivity contribution in [3.63, 3.8) is 0 Å². The summed E-state index contributed by atoms with van der Waals surface area (Å²) in [5, 5.41) is 12.8. The lowest BCUT2D eigenvalue weighted by atomic mass is 9.70. The Morgan fingerprint density at radius 2 is 2.06 bits per heavy atom. The molecule has 3 aliphatic rings. The number of piperidine rings is 3. The van der Waals surface area contributed by atoms with E-state index in [4.69, 9.17) is 4.74 Å². The maximum absolute atomic E-state index is 14.7. The van der Waals surface area contributed by atoms with Crippen LogP contribution in [0.3, 0.4) is 0 Å². The lowest BCUT2D eigenvalue weighted by Crippen LogP contribution is -2.67. The van der Waals surface area contributed by atoms with Gasteiger partial charge in [0.15, 0.2) is 0 Å². The monoisotopic (exact) mass is 435 g/mol. The minimum Gasteiger partial charge on any atom is -0.497 e. The van der Waals surface area contributed by atoms with Gasteiger partial charge < -0.3 is 14.3 Å². The average Bonchev–Trinajstić information content (AvgIpc) is 2.84. The van der Waals surface area contributed by atoms with Gasteiger partial charge in [0, 0.05) is 35.9 Å². The van der Waals surface area contributed by atoms with Crippen LogP contribution in [0.15, 0.2) is 54.7 Å². The average molecular weight is 436 g/mol. The highest BCUT2D eigenvalue weighted by molar-refractivity contribution is 5.83. The number of rotatable bonds is 6. The summed E-state index contributed by atoms with van der Waals surface area (Å²) in [6.45, 7) is 4.89. The Morgan fingerprint density at radius 3 is 2.84 bits per heavy atom. The zero-order valence-corrected chi connectivity index (χ0v) is 18.9. The van der Waals surface area contributed by atoms with Gasteiger partial charge in [-0.15, -0.1) is 0 Å². The number of hydrogen-bond acceptors (Lipinski definition) is 3.